The molecule has 0 aliphatic carbocycles. The minimum atomic E-state index is -5.89. The van der Waals surface area contributed by atoms with E-state index in [4.69, 9.17) is 4.84 Å². The smallest absolute Gasteiger partial charge is 0.394 e. The minimum absolute atomic E-state index is 0.116. The van der Waals surface area contributed by atoms with E-state index >= 15 is 0 Å². The van der Waals surface area contributed by atoms with E-state index in [1.54, 1.807) is 18.0 Å². The van der Waals surface area contributed by atoms with Gasteiger partial charge in [-0.1, -0.05) is 12.1 Å². The number of rotatable bonds is 9. The number of oxime groups is 1. The van der Waals surface area contributed by atoms with Crippen molar-refractivity contribution in [2.75, 3.05) is 30.6 Å². The van der Waals surface area contributed by atoms with Gasteiger partial charge >= 0.3 is 12.1 Å². The summed E-state index contributed by atoms with van der Waals surface area (Å²) in [6.07, 6.45) is -0.923. The summed E-state index contributed by atoms with van der Waals surface area (Å²) in [7, 11) is -2.52. The zero-order chi connectivity index (χ0) is 27.6. The second-order valence-corrected chi connectivity index (χ2v) is 11.4. The van der Waals surface area contributed by atoms with Crippen molar-refractivity contribution in [3.63, 3.8) is 0 Å². The Kier molecular flexibility index (Phi) is 8.68. The van der Waals surface area contributed by atoms with Gasteiger partial charge in [0.05, 0.1) is 10.6 Å². The Hall–Kier alpha value is -2.53. The Morgan fingerprint density at radius 3 is 2.46 bits per heavy atom. The first-order chi connectivity index (χ1) is 17.3. The molecular weight excluding hydrogens is 563 g/mol. The van der Waals surface area contributed by atoms with Crippen molar-refractivity contribution in [1.82, 2.24) is 24.7 Å². The molecule has 0 fully saturated rings. The average Bonchev–Trinajstić information content (AvgIpc) is 3.18. The van der Waals surface area contributed by atoms with Gasteiger partial charge in [0, 0.05) is 24.6 Å². The SMILES string of the molecule is CCS(=O)(=O)c1cc(/C(=N/OCCSC)SC)cnc1-c1nc2cc(C(F)(F)C(F)(F)F)nnc2n1C. The highest BCUT2D eigenvalue weighted by Gasteiger charge is 2.60. The van der Waals surface area contributed by atoms with E-state index in [0.717, 1.165) is 0 Å². The van der Waals surface area contributed by atoms with Crippen molar-refractivity contribution >= 4 is 49.6 Å². The van der Waals surface area contributed by atoms with Crippen LogP contribution >= 0.6 is 23.5 Å². The molecule has 0 N–H and O–H groups in total. The Morgan fingerprint density at radius 1 is 1.16 bits per heavy atom. The standard InChI is InChI=1S/C20H21F5N6O3S3/c1-5-37(32,33)13-8-11(18(36-4)30-34-6-7-35-3)10-26-15(13)17-27-12-9-14(19(21,22)20(23,24)25)28-29-16(12)31(17)2/h8-10H,5-7H2,1-4H3/b30-18-. The molecular formula is C20H21F5N6O3S3. The van der Waals surface area contributed by atoms with Crippen LogP contribution in [0.4, 0.5) is 22.0 Å². The van der Waals surface area contributed by atoms with Crippen molar-refractivity contribution in [3.8, 4) is 11.5 Å². The third-order valence-corrected chi connectivity index (χ3v) is 8.05. The fraction of sp³-hybridized carbons (Fsp3) is 0.450. The van der Waals surface area contributed by atoms with Crippen molar-refractivity contribution < 1.29 is 35.2 Å². The Balaban J connectivity index is 2.17. The lowest BCUT2D eigenvalue weighted by molar-refractivity contribution is -0.291. The molecule has 3 aromatic rings. The van der Waals surface area contributed by atoms with E-state index in [2.05, 4.69) is 25.3 Å². The van der Waals surface area contributed by atoms with E-state index in [9.17, 15) is 30.4 Å². The monoisotopic (exact) mass is 584 g/mol. The van der Waals surface area contributed by atoms with Crippen LogP contribution in [0.1, 0.15) is 18.2 Å². The minimum Gasteiger partial charge on any atom is -0.394 e. The molecule has 202 valence electrons. The van der Waals surface area contributed by atoms with Crippen molar-refractivity contribution in [3.05, 3.63) is 29.6 Å². The summed E-state index contributed by atoms with van der Waals surface area (Å²) in [6.45, 7) is 1.76. The molecule has 0 atom stereocenters. The number of halogens is 5. The quantitative estimate of drug-likeness (QED) is 0.120. The number of aryl methyl sites for hydroxylation is 1. The molecule has 0 aliphatic heterocycles. The molecule has 3 heterocycles. The first-order valence-corrected chi connectivity index (χ1v) is 14.7. The second kappa shape index (κ2) is 11.1. The summed E-state index contributed by atoms with van der Waals surface area (Å²) in [5.41, 5.74) is -1.91. The molecule has 0 spiro atoms. The highest BCUT2D eigenvalue weighted by atomic mass is 32.2. The van der Waals surface area contributed by atoms with Crippen molar-refractivity contribution in [2.45, 2.75) is 23.9 Å². The zero-order valence-corrected chi connectivity index (χ0v) is 22.3. The number of pyridine rings is 1. The maximum absolute atomic E-state index is 13.8. The van der Waals surface area contributed by atoms with Crippen molar-refractivity contribution in [1.29, 1.82) is 0 Å². The van der Waals surface area contributed by atoms with Crippen molar-refractivity contribution in [2.24, 2.45) is 12.2 Å². The zero-order valence-electron chi connectivity index (χ0n) is 19.9. The maximum Gasteiger partial charge on any atom is 0.459 e. The summed E-state index contributed by atoms with van der Waals surface area (Å²) >= 11 is 2.77. The first-order valence-electron chi connectivity index (χ1n) is 10.4. The highest BCUT2D eigenvalue weighted by Crippen LogP contribution is 2.43. The predicted octanol–water partition coefficient (Wildman–Crippen LogP) is 4.28. The lowest BCUT2D eigenvalue weighted by Gasteiger charge is -2.17. The summed E-state index contributed by atoms with van der Waals surface area (Å²) in [4.78, 5) is 13.4. The molecule has 3 rings (SSSR count). The van der Waals surface area contributed by atoms with Gasteiger partial charge in [-0.2, -0.15) is 33.7 Å². The van der Waals surface area contributed by atoms with Crippen LogP contribution in [0, 0.1) is 0 Å². The molecule has 0 bridgehead atoms. The van der Waals surface area contributed by atoms with Crippen LogP contribution in [0.25, 0.3) is 22.7 Å². The van der Waals surface area contributed by atoms with Crippen LogP contribution in [-0.2, 0) is 27.6 Å². The molecule has 3 aromatic heterocycles. The summed E-state index contributed by atoms with van der Waals surface area (Å²) in [5.74, 6) is -4.97. The van der Waals surface area contributed by atoms with Crippen LogP contribution in [0.2, 0.25) is 0 Å². The predicted molar refractivity (Wildman–Crippen MR) is 132 cm³/mol. The third-order valence-electron chi connectivity index (χ3n) is 5.04. The van der Waals surface area contributed by atoms with E-state index in [1.807, 2.05) is 6.26 Å². The van der Waals surface area contributed by atoms with E-state index in [1.165, 1.54) is 42.6 Å². The molecule has 0 aliphatic rings. The Morgan fingerprint density at radius 2 is 1.86 bits per heavy atom. The number of nitrogens with zero attached hydrogens (tertiary/aromatic N) is 6. The van der Waals surface area contributed by atoms with Gasteiger partial charge < -0.3 is 9.40 Å². The number of alkyl halides is 5. The van der Waals surface area contributed by atoms with Gasteiger partial charge in [0.15, 0.2) is 21.3 Å². The van der Waals surface area contributed by atoms with Gasteiger partial charge in [-0.15, -0.1) is 22.0 Å². The molecule has 0 aromatic carbocycles. The molecule has 0 radical (unpaired) electrons. The average molecular weight is 585 g/mol. The Bertz CT molecular complexity index is 1430. The van der Waals surface area contributed by atoms with Gasteiger partial charge in [-0.25, -0.2) is 13.4 Å². The molecule has 9 nitrogen and oxygen atoms in total. The molecule has 37 heavy (non-hydrogen) atoms. The fourth-order valence-corrected chi connectivity index (χ4v) is 4.82. The van der Waals surface area contributed by atoms with Gasteiger partial charge in [0.2, 0.25) is 0 Å². The number of fused-ring (bicyclic) bond motifs is 1. The Labute approximate surface area is 217 Å². The van der Waals surface area contributed by atoms with Gasteiger partial charge in [0.25, 0.3) is 0 Å². The van der Waals surface area contributed by atoms with E-state index < -0.39 is 27.6 Å². The number of hydrogen-bond donors (Lipinski definition) is 0. The van der Waals surface area contributed by atoms with E-state index in [0.29, 0.717) is 29.0 Å². The second-order valence-electron chi connectivity index (χ2n) is 7.41. The topological polar surface area (TPSA) is 112 Å². The number of imidazole rings is 1. The number of sulfone groups is 1. The molecule has 0 unspecified atom stereocenters. The van der Waals surface area contributed by atoms with Gasteiger partial charge in [-0.3, -0.25) is 4.98 Å². The number of aromatic nitrogens is 5. The molecule has 17 heteroatoms. The first kappa shape index (κ1) is 29.0. The van der Waals surface area contributed by atoms with Gasteiger partial charge in [0.1, 0.15) is 28.6 Å². The van der Waals surface area contributed by atoms with Crippen LogP contribution in [0.3, 0.4) is 0 Å². The molecule has 0 amide bonds. The molecule has 0 saturated carbocycles. The van der Waals surface area contributed by atoms with Crippen LogP contribution in [-0.4, -0.2) is 75.0 Å². The fourth-order valence-electron chi connectivity index (χ4n) is 3.05. The lowest BCUT2D eigenvalue weighted by atomic mass is 10.2. The van der Waals surface area contributed by atoms with E-state index in [-0.39, 0.29) is 33.3 Å². The normalized spacial score (nSPS) is 13.4. The lowest BCUT2D eigenvalue weighted by Crippen LogP contribution is -2.34. The summed E-state index contributed by atoms with van der Waals surface area (Å²) < 4.78 is 93.1. The van der Waals surface area contributed by atoms with Crippen LogP contribution in [0.15, 0.2) is 28.4 Å². The summed E-state index contributed by atoms with van der Waals surface area (Å²) in [6, 6.07) is 1.80. The van der Waals surface area contributed by atoms with Gasteiger partial charge in [-0.05, 0) is 24.6 Å². The molecule has 0 saturated heterocycles. The van der Waals surface area contributed by atoms with Crippen LogP contribution in [0.5, 0.6) is 0 Å². The third kappa shape index (κ3) is 5.82. The highest BCUT2D eigenvalue weighted by molar-refractivity contribution is 8.13. The summed E-state index contributed by atoms with van der Waals surface area (Å²) in [5, 5.41) is 10.9. The number of hydrogen-bond acceptors (Lipinski definition) is 10. The maximum atomic E-state index is 13.8. The number of thioether (sulfide) groups is 2. The largest absolute Gasteiger partial charge is 0.459 e. The van der Waals surface area contributed by atoms with Crippen LogP contribution < -0.4 is 0 Å².